The van der Waals surface area contributed by atoms with Gasteiger partial charge >= 0.3 is 5.97 Å². The molecule has 0 bridgehead atoms. The topological polar surface area (TPSA) is 92.9 Å². The predicted octanol–water partition coefficient (Wildman–Crippen LogP) is 4.16. The summed E-state index contributed by atoms with van der Waals surface area (Å²) in [6.45, 7) is 1.60. The number of nitrogens with two attached hydrogens (primary N) is 1. The van der Waals surface area contributed by atoms with Gasteiger partial charge in [0.25, 0.3) is 0 Å². The van der Waals surface area contributed by atoms with Crippen molar-refractivity contribution in [3.8, 4) is 0 Å². The number of primary amides is 1. The fraction of sp³-hybridized carbons (Fsp3) is 0.200. The average Bonchev–Trinajstić information content (AvgIpc) is 3.04. The molecule has 3 N–H and O–H groups in total. The summed E-state index contributed by atoms with van der Waals surface area (Å²) in [5.41, 5.74) is 9.16. The van der Waals surface area contributed by atoms with Crippen LogP contribution in [0, 0.1) is 5.92 Å². The van der Waals surface area contributed by atoms with Crippen LogP contribution in [0.5, 0.6) is 0 Å². The molecule has 2 aliphatic heterocycles. The van der Waals surface area contributed by atoms with Crippen LogP contribution in [-0.4, -0.2) is 28.5 Å². The van der Waals surface area contributed by atoms with Gasteiger partial charge in [-0.1, -0.05) is 43.3 Å². The van der Waals surface area contributed by atoms with Crippen LogP contribution in [0.4, 0.5) is 0 Å². The first kappa shape index (κ1) is 20.5. The van der Waals surface area contributed by atoms with E-state index < -0.39 is 18.5 Å². The molecule has 1 unspecified atom stereocenters. The molecule has 2 heterocycles. The maximum Gasteiger partial charge on any atom is 0.341 e. The molecule has 31 heavy (non-hydrogen) atoms. The first-order valence-electron chi connectivity index (χ1n) is 10.2. The highest BCUT2D eigenvalue weighted by Crippen LogP contribution is 2.46. The van der Waals surface area contributed by atoms with Crippen molar-refractivity contribution in [2.24, 2.45) is 11.7 Å². The summed E-state index contributed by atoms with van der Waals surface area (Å²) in [5.74, 6) is -1.09. The van der Waals surface area contributed by atoms with Crippen molar-refractivity contribution in [2.45, 2.75) is 19.8 Å². The van der Waals surface area contributed by atoms with Crippen LogP contribution in [0.2, 0.25) is 0 Å². The van der Waals surface area contributed by atoms with Gasteiger partial charge in [-0.05, 0) is 52.6 Å². The van der Waals surface area contributed by atoms with Crippen molar-refractivity contribution in [1.82, 2.24) is 4.90 Å². The molecule has 0 saturated carbocycles. The fourth-order valence-corrected chi connectivity index (χ4v) is 4.27. The molecule has 4 rings (SSSR count). The Morgan fingerprint density at radius 3 is 2.68 bits per heavy atom. The first-order valence-corrected chi connectivity index (χ1v) is 10.2. The van der Waals surface area contributed by atoms with Crippen LogP contribution >= 0.6 is 0 Å². The van der Waals surface area contributed by atoms with E-state index in [-0.39, 0.29) is 12.3 Å². The predicted molar refractivity (Wildman–Crippen MR) is 119 cm³/mol. The van der Waals surface area contributed by atoms with Crippen molar-refractivity contribution in [1.29, 1.82) is 0 Å². The Labute approximate surface area is 180 Å². The number of hydrogen-bond acceptors (Lipinski definition) is 4. The Kier molecular flexibility index (Phi) is 5.62. The zero-order valence-electron chi connectivity index (χ0n) is 17.2. The lowest BCUT2D eigenvalue weighted by molar-refractivity contribution is -0.140. The molecule has 158 valence electrons. The number of fused-ring (bicyclic) bond motifs is 2. The summed E-state index contributed by atoms with van der Waals surface area (Å²) >= 11 is 0. The molecule has 0 aromatic heterocycles. The monoisotopic (exact) mass is 416 g/mol. The van der Waals surface area contributed by atoms with Crippen LogP contribution in [-0.2, 0) is 14.3 Å². The summed E-state index contributed by atoms with van der Waals surface area (Å²) in [5, 5.41) is 11.4. The number of carbonyl (C=O) groups excluding carboxylic acids is 1. The van der Waals surface area contributed by atoms with E-state index in [4.69, 9.17) is 15.6 Å². The van der Waals surface area contributed by atoms with E-state index in [1.807, 2.05) is 29.3 Å². The number of rotatable bonds is 7. The standard InChI is InChI=1S/C25H24N2O4/c1-2-19-20(14-23(26)28)25-22(31-15-24(29)30)8-5-11-27(25)21(19)13-16-9-10-17-6-3-4-7-18(17)12-16/h3-13,19H,2,14-15H2,1H3,(H2,26,28)(H,29,30)/b21-13-. The average molecular weight is 416 g/mol. The molecule has 0 saturated heterocycles. The zero-order valence-corrected chi connectivity index (χ0v) is 17.2. The zero-order chi connectivity index (χ0) is 22.0. The number of carboxylic acids is 1. The molecule has 6 heteroatoms. The fourth-order valence-electron chi connectivity index (χ4n) is 4.27. The quantitative estimate of drug-likeness (QED) is 0.707. The first-order chi connectivity index (χ1) is 15.0. The van der Waals surface area contributed by atoms with Gasteiger partial charge in [-0.2, -0.15) is 0 Å². The number of hydrogen-bond donors (Lipinski definition) is 2. The van der Waals surface area contributed by atoms with Gasteiger partial charge in [0.15, 0.2) is 6.61 Å². The Morgan fingerprint density at radius 2 is 1.97 bits per heavy atom. The number of carbonyl (C=O) groups is 2. The highest BCUT2D eigenvalue weighted by molar-refractivity contribution is 5.85. The largest absolute Gasteiger partial charge is 0.480 e. The van der Waals surface area contributed by atoms with Crippen LogP contribution in [0.25, 0.3) is 16.8 Å². The minimum atomic E-state index is -1.06. The molecule has 2 aliphatic rings. The lowest BCUT2D eigenvalue weighted by Gasteiger charge is -2.25. The molecule has 2 aromatic rings. The van der Waals surface area contributed by atoms with Crippen molar-refractivity contribution >= 4 is 28.7 Å². The number of amides is 1. The second-order valence-corrected chi connectivity index (χ2v) is 7.58. The third-order valence-corrected chi connectivity index (χ3v) is 5.53. The SMILES string of the molecule is CCC1C(CC(N)=O)=C2C(OCC(=O)O)=CC=CN2/C1=C\c1ccc2ccccc2c1. The van der Waals surface area contributed by atoms with Crippen molar-refractivity contribution < 1.29 is 19.4 Å². The van der Waals surface area contributed by atoms with Gasteiger partial charge in [-0.15, -0.1) is 0 Å². The lowest BCUT2D eigenvalue weighted by atomic mass is 9.91. The number of aliphatic carboxylic acids is 1. The molecule has 0 fully saturated rings. The van der Waals surface area contributed by atoms with Crippen molar-refractivity contribution in [2.75, 3.05) is 6.61 Å². The normalized spacial score (nSPS) is 19.0. The molecule has 2 aromatic carbocycles. The van der Waals surface area contributed by atoms with Gasteiger partial charge in [0, 0.05) is 17.8 Å². The number of nitrogens with zero attached hydrogens (tertiary/aromatic N) is 1. The van der Waals surface area contributed by atoms with Crippen molar-refractivity contribution in [3.63, 3.8) is 0 Å². The van der Waals surface area contributed by atoms with Gasteiger partial charge in [-0.3, -0.25) is 4.79 Å². The Morgan fingerprint density at radius 1 is 1.19 bits per heavy atom. The Bertz CT molecular complexity index is 1170. The van der Waals surface area contributed by atoms with Crippen LogP contribution < -0.4 is 5.73 Å². The van der Waals surface area contributed by atoms with Crippen molar-refractivity contribution in [3.05, 3.63) is 89.1 Å². The molecule has 0 radical (unpaired) electrons. The number of allylic oxidation sites excluding steroid dienone is 3. The maximum absolute atomic E-state index is 11.9. The molecule has 6 nitrogen and oxygen atoms in total. The van der Waals surface area contributed by atoms with Crippen LogP contribution in [0.1, 0.15) is 25.3 Å². The highest BCUT2D eigenvalue weighted by atomic mass is 16.5. The Balaban J connectivity index is 1.78. The van der Waals surface area contributed by atoms with E-state index in [0.29, 0.717) is 11.5 Å². The van der Waals surface area contributed by atoms with Crippen LogP contribution in [0.3, 0.4) is 0 Å². The van der Waals surface area contributed by atoms with Gasteiger partial charge in [-0.25, -0.2) is 4.79 Å². The number of benzene rings is 2. The second kappa shape index (κ2) is 8.52. The summed E-state index contributed by atoms with van der Waals surface area (Å²) < 4.78 is 5.55. The van der Waals surface area contributed by atoms with E-state index in [0.717, 1.165) is 28.6 Å². The van der Waals surface area contributed by atoms with Gasteiger partial charge in [0.1, 0.15) is 5.76 Å². The molecule has 0 aliphatic carbocycles. The van der Waals surface area contributed by atoms with Gasteiger partial charge < -0.3 is 20.5 Å². The molecule has 0 spiro atoms. The third kappa shape index (κ3) is 4.10. The summed E-state index contributed by atoms with van der Waals surface area (Å²) in [7, 11) is 0. The van der Waals surface area contributed by atoms with E-state index >= 15 is 0 Å². The Hall–Kier alpha value is -3.80. The summed E-state index contributed by atoms with van der Waals surface area (Å²) in [6, 6.07) is 14.5. The number of ether oxygens (including phenoxy) is 1. The smallest absolute Gasteiger partial charge is 0.341 e. The van der Waals surface area contributed by atoms with Gasteiger partial charge in [0.05, 0.1) is 12.1 Å². The molecule has 1 atom stereocenters. The number of carboxylic acid groups (broad SMARTS) is 1. The third-order valence-electron chi connectivity index (χ3n) is 5.53. The van der Waals surface area contributed by atoms with E-state index in [1.54, 1.807) is 6.08 Å². The minimum absolute atomic E-state index is 0.0338. The van der Waals surface area contributed by atoms with Gasteiger partial charge in [0.2, 0.25) is 5.91 Å². The maximum atomic E-state index is 11.9. The summed E-state index contributed by atoms with van der Waals surface area (Å²) in [6.07, 6.45) is 8.41. The highest BCUT2D eigenvalue weighted by Gasteiger charge is 2.38. The molecular weight excluding hydrogens is 392 g/mol. The molecular formula is C25H24N2O4. The molecule has 1 amide bonds. The second-order valence-electron chi connectivity index (χ2n) is 7.58. The van der Waals surface area contributed by atoms with E-state index in [9.17, 15) is 9.59 Å². The minimum Gasteiger partial charge on any atom is -0.480 e. The summed E-state index contributed by atoms with van der Waals surface area (Å²) in [4.78, 5) is 24.9. The lowest BCUT2D eigenvalue weighted by Crippen LogP contribution is -2.19. The van der Waals surface area contributed by atoms with Crippen LogP contribution in [0.15, 0.2) is 83.5 Å². The van der Waals surface area contributed by atoms with E-state index in [2.05, 4.69) is 43.3 Å². The van der Waals surface area contributed by atoms with E-state index in [1.165, 1.54) is 5.39 Å².